The Bertz CT molecular complexity index is 1120. The van der Waals surface area contributed by atoms with Crippen molar-refractivity contribution in [2.75, 3.05) is 34.0 Å². The van der Waals surface area contributed by atoms with Crippen LogP contribution in [0.4, 0.5) is 0 Å². The number of carboxylic acid groups (broad SMARTS) is 1. The number of methoxy groups -OCH3 is 2. The summed E-state index contributed by atoms with van der Waals surface area (Å²) in [6, 6.07) is 10.7. The fraction of sp³-hybridized carbons (Fsp3) is 0.292. The maximum Gasteiger partial charge on any atom is 0.341 e. The number of aliphatic carboxylic acids is 1. The van der Waals surface area contributed by atoms with Crippen molar-refractivity contribution in [3.63, 3.8) is 0 Å². The van der Waals surface area contributed by atoms with Crippen LogP contribution in [0.25, 0.3) is 6.08 Å². The van der Waals surface area contributed by atoms with Crippen molar-refractivity contribution in [2.45, 2.75) is 13.3 Å². The van der Waals surface area contributed by atoms with E-state index in [1.54, 1.807) is 43.4 Å². The van der Waals surface area contributed by atoms with Crippen LogP contribution in [0.1, 0.15) is 18.1 Å². The van der Waals surface area contributed by atoms with E-state index >= 15 is 0 Å². The number of carbonyl (C=O) groups is 2. The molecule has 34 heavy (non-hydrogen) atoms. The van der Waals surface area contributed by atoms with Gasteiger partial charge in [-0.2, -0.15) is 0 Å². The lowest BCUT2D eigenvalue weighted by molar-refractivity contribution is -0.139. The first kappa shape index (κ1) is 25.4. The van der Waals surface area contributed by atoms with Gasteiger partial charge in [0.25, 0.3) is 5.91 Å². The Balaban J connectivity index is 1.72. The zero-order valence-electron chi connectivity index (χ0n) is 19.0. The molecule has 180 valence electrons. The van der Waals surface area contributed by atoms with Crippen LogP contribution in [0, 0.1) is 0 Å². The van der Waals surface area contributed by atoms with Gasteiger partial charge < -0.3 is 24.1 Å². The molecule has 0 saturated carbocycles. The molecule has 0 atom stereocenters. The summed E-state index contributed by atoms with van der Waals surface area (Å²) in [5.74, 6) is 0.755. The van der Waals surface area contributed by atoms with E-state index in [0.29, 0.717) is 57.4 Å². The molecule has 0 radical (unpaired) electrons. The highest BCUT2D eigenvalue weighted by Gasteiger charge is 2.31. The maximum atomic E-state index is 13.0. The first-order chi connectivity index (χ1) is 16.4. The van der Waals surface area contributed by atoms with E-state index in [-0.39, 0.29) is 5.91 Å². The molecule has 0 unspecified atom stereocenters. The van der Waals surface area contributed by atoms with E-state index in [9.17, 15) is 9.59 Å². The Kier molecular flexibility index (Phi) is 8.78. The van der Waals surface area contributed by atoms with E-state index < -0.39 is 12.6 Å². The van der Waals surface area contributed by atoms with E-state index in [2.05, 4.69) is 0 Å². The van der Waals surface area contributed by atoms with Gasteiger partial charge in [0.05, 0.1) is 25.7 Å². The molecule has 2 aromatic carbocycles. The van der Waals surface area contributed by atoms with E-state index in [4.69, 9.17) is 36.3 Å². The normalized spacial score (nSPS) is 14.4. The van der Waals surface area contributed by atoms with Crippen LogP contribution in [0.15, 0.2) is 41.3 Å². The molecule has 8 nitrogen and oxygen atoms in total. The van der Waals surface area contributed by atoms with E-state index in [0.717, 1.165) is 5.56 Å². The van der Waals surface area contributed by atoms with Gasteiger partial charge in [0.15, 0.2) is 29.6 Å². The van der Waals surface area contributed by atoms with Crippen molar-refractivity contribution in [2.24, 2.45) is 0 Å². The van der Waals surface area contributed by atoms with Gasteiger partial charge in [-0.15, -0.1) is 0 Å². The van der Waals surface area contributed by atoms with Crippen LogP contribution in [0.5, 0.6) is 23.0 Å². The van der Waals surface area contributed by atoms with Crippen molar-refractivity contribution in [1.82, 2.24) is 4.90 Å². The molecule has 0 spiro atoms. The number of amides is 1. The Morgan fingerprint density at radius 2 is 1.79 bits per heavy atom. The van der Waals surface area contributed by atoms with Crippen molar-refractivity contribution >= 4 is 46.3 Å². The largest absolute Gasteiger partial charge is 0.493 e. The highest BCUT2D eigenvalue weighted by atomic mass is 32.2. The zero-order chi connectivity index (χ0) is 24.7. The number of hydrogen-bond acceptors (Lipinski definition) is 8. The summed E-state index contributed by atoms with van der Waals surface area (Å²) >= 11 is 6.68. The van der Waals surface area contributed by atoms with Gasteiger partial charge >= 0.3 is 5.97 Å². The molecule has 1 saturated heterocycles. The molecule has 0 aliphatic carbocycles. The van der Waals surface area contributed by atoms with Crippen LogP contribution in [0.3, 0.4) is 0 Å². The number of rotatable bonds is 11. The van der Waals surface area contributed by atoms with E-state index in [1.165, 1.54) is 11.8 Å². The summed E-state index contributed by atoms with van der Waals surface area (Å²) in [6.45, 7) is 2.16. The van der Waals surface area contributed by atoms with Crippen molar-refractivity contribution < 1.29 is 33.6 Å². The average Bonchev–Trinajstić information content (AvgIpc) is 3.09. The minimum absolute atomic E-state index is 0.167. The smallest absolute Gasteiger partial charge is 0.341 e. The number of benzene rings is 2. The molecule has 0 aromatic heterocycles. The second kappa shape index (κ2) is 11.8. The topological polar surface area (TPSA) is 94.5 Å². The lowest BCUT2D eigenvalue weighted by atomic mass is 10.1. The van der Waals surface area contributed by atoms with Gasteiger partial charge in [-0.05, 0) is 54.8 Å². The number of hydrogen-bond donors (Lipinski definition) is 1. The SMILES string of the molecule is CCOc1cc(/C=C2/SC(=S)N(CCc3ccc(OC)c(OC)c3)C2=O)ccc1OCC(=O)O. The Labute approximate surface area is 207 Å². The van der Waals surface area contributed by atoms with E-state index in [1.807, 2.05) is 25.1 Å². The summed E-state index contributed by atoms with van der Waals surface area (Å²) in [4.78, 5) is 25.9. The summed E-state index contributed by atoms with van der Waals surface area (Å²) in [5, 5.41) is 8.84. The molecule has 1 heterocycles. The van der Waals surface area contributed by atoms with Crippen LogP contribution >= 0.6 is 24.0 Å². The highest BCUT2D eigenvalue weighted by molar-refractivity contribution is 8.26. The molecule has 3 rings (SSSR count). The lowest BCUT2D eigenvalue weighted by Gasteiger charge is -2.15. The molecule has 1 aliphatic rings. The Morgan fingerprint density at radius 3 is 2.47 bits per heavy atom. The third-order valence-corrected chi connectivity index (χ3v) is 6.24. The quantitative estimate of drug-likeness (QED) is 0.360. The fourth-order valence-electron chi connectivity index (χ4n) is 3.26. The standard InChI is InChI=1S/C24H25NO7S2/c1-4-31-20-12-16(6-8-18(20)32-14-22(26)27)13-21-23(28)25(24(33)34-21)10-9-15-5-7-17(29-2)19(11-15)30-3/h5-8,11-13H,4,9-10,14H2,1-3H3,(H,26,27)/b21-13+. The minimum atomic E-state index is -1.08. The highest BCUT2D eigenvalue weighted by Crippen LogP contribution is 2.35. The van der Waals surface area contributed by atoms with Gasteiger partial charge in [0.2, 0.25) is 0 Å². The van der Waals surface area contributed by atoms with Gasteiger partial charge in [0, 0.05) is 6.54 Å². The summed E-state index contributed by atoms with van der Waals surface area (Å²) in [7, 11) is 3.16. The lowest BCUT2D eigenvalue weighted by Crippen LogP contribution is -2.30. The number of nitrogens with zero attached hydrogens (tertiary/aromatic N) is 1. The number of carboxylic acids is 1. The number of carbonyl (C=O) groups excluding carboxylic acids is 1. The van der Waals surface area contributed by atoms with Gasteiger partial charge in [-0.3, -0.25) is 9.69 Å². The number of thiocarbonyl (C=S) groups is 1. The summed E-state index contributed by atoms with van der Waals surface area (Å²) < 4.78 is 21.9. The van der Waals surface area contributed by atoms with Gasteiger partial charge in [0.1, 0.15) is 4.32 Å². The van der Waals surface area contributed by atoms with Crippen LogP contribution in [-0.4, -0.2) is 60.2 Å². The average molecular weight is 504 g/mol. The first-order valence-electron chi connectivity index (χ1n) is 10.4. The van der Waals surface area contributed by atoms with Crippen LogP contribution in [-0.2, 0) is 16.0 Å². The zero-order valence-corrected chi connectivity index (χ0v) is 20.7. The summed E-state index contributed by atoms with van der Waals surface area (Å²) in [5.41, 5.74) is 1.71. The van der Waals surface area contributed by atoms with Crippen molar-refractivity contribution in [3.05, 3.63) is 52.4 Å². The van der Waals surface area contributed by atoms with Crippen LogP contribution < -0.4 is 18.9 Å². The molecule has 2 aromatic rings. The third kappa shape index (κ3) is 6.21. The molecular weight excluding hydrogens is 478 g/mol. The first-order valence-corrected chi connectivity index (χ1v) is 11.7. The molecule has 10 heteroatoms. The molecule has 1 fully saturated rings. The Hall–Kier alpha value is -3.24. The minimum Gasteiger partial charge on any atom is -0.493 e. The van der Waals surface area contributed by atoms with Crippen molar-refractivity contribution in [3.8, 4) is 23.0 Å². The molecule has 1 amide bonds. The van der Waals surface area contributed by atoms with Gasteiger partial charge in [-0.25, -0.2) is 4.79 Å². The third-order valence-electron chi connectivity index (χ3n) is 4.86. The second-order valence-corrected chi connectivity index (χ2v) is 8.77. The monoisotopic (exact) mass is 503 g/mol. The van der Waals surface area contributed by atoms with Crippen molar-refractivity contribution in [1.29, 1.82) is 0 Å². The number of ether oxygens (including phenoxy) is 4. The molecule has 0 bridgehead atoms. The maximum absolute atomic E-state index is 13.0. The van der Waals surface area contributed by atoms with Crippen LogP contribution in [0.2, 0.25) is 0 Å². The predicted molar refractivity (Wildman–Crippen MR) is 134 cm³/mol. The molecule has 1 N–H and O–H groups in total. The Morgan fingerprint density at radius 1 is 1.06 bits per heavy atom. The molecular formula is C24H25NO7S2. The number of thioether (sulfide) groups is 1. The molecule has 1 aliphatic heterocycles. The van der Waals surface area contributed by atoms with Gasteiger partial charge in [-0.1, -0.05) is 36.1 Å². The predicted octanol–water partition coefficient (Wildman–Crippen LogP) is 4.01. The fourth-order valence-corrected chi connectivity index (χ4v) is 4.57. The summed E-state index contributed by atoms with van der Waals surface area (Å²) in [6.07, 6.45) is 2.34. The second-order valence-electron chi connectivity index (χ2n) is 7.09.